The first-order valence-electron chi connectivity index (χ1n) is 14.3. The summed E-state index contributed by atoms with van der Waals surface area (Å²) in [5.74, 6) is 0.379. The normalized spacial score (nSPS) is 28.3. The number of aliphatic hydroxyl groups is 1. The average molecular weight is 533 g/mol. The lowest BCUT2D eigenvalue weighted by molar-refractivity contribution is -0.116. The van der Waals surface area contributed by atoms with Crippen molar-refractivity contribution in [3.8, 4) is 0 Å². The SMILES string of the molecule is C=CC1=C(C)C2=NC1=CC1=NC(=C(CC)C1=CO)C=C1N=C3C(=C1C)C(=O)C(C)C3=C1NC(=C2)[C@@H](C)[C@@H]1CCC. The van der Waals surface area contributed by atoms with Crippen molar-refractivity contribution in [2.75, 3.05) is 0 Å². The molecule has 6 heteroatoms. The number of fused-ring (bicyclic) bond motifs is 5. The Morgan fingerprint density at radius 2 is 1.80 bits per heavy atom. The first kappa shape index (κ1) is 26.2. The molecule has 40 heavy (non-hydrogen) atoms. The minimum atomic E-state index is -0.254. The Morgan fingerprint density at radius 1 is 1.02 bits per heavy atom. The van der Waals surface area contributed by atoms with Crippen LogP contribution in [0.1, 0.15) is 60.8 Å². The third-order valence-corrected chi connectivity index (χ3v) is 9.17. The topological polar surface area (TPSA) is 86.4 Å². The van der Waals surface area contributed by atoms with Gasteiger partial charge < -0.3 is 10.4 Å². The molecule has 6 nitrogen and oxygen atoms in total. The van der Waals surface area contributed by atoms with Crippen LogP contribution in [0.25, 0.3) is 0 Å². The maximum absolute atomic E-state index is 13.7. The van der Waals surface area contributed by atoms with Gasteiger partial charge >= 0.3 is 0 Å². The fraction of sp³-hybridized carbons (Fsp3) is 0.353. The molecule has 0 aromatic rings. The minimum Gasteiger partial charge on any atom is -0.515 e. The smallest absolute Gasteiger partial charge is 0.172 e. The van der Waals surface area contributed by atoms with Gasteiger partial charge in [-0.25, -0.2) is 15.0 Å². The Hall–Kier alpha value is -4.06. The summed E-state index contributed by atoms with van der Waals surface area (Å²) in [7, 11) is 0. The predicted molar refractivity (Wildman–Crippen MR) is 162 cm³/mol. The Balaban J connectivity index is 1.68. The van der Waals surface area contributed by atoms with Gasteiger partial charge in [-0.2, -0.15) is 0 Å². The summed E-state index contributed by atoms with van der Waals surface area (Å²) < 4.78 is 0. The molecule has 2 fully saturated rings. The Morgan fingerprint density at radius 3 is 2.48 bits per heavy atom. The molecule has 1 saturated carbocycles. The molecule has 0 aromatic carbocycles. The van der Waals surface area contributed by atoms with Gasteiger partial charge in [-0.15, -0.1) is 0 Å². The fourth-order valence-electron chi connectivity index (χ4n) is 6.90. The molecular formula is C34H36N4O2. The fourth-order valence-corrected chi connectivity index (χ4v) is 6.90. The summed E-state index contributed by atoms with van der Waals surface area (Å²) in [6, 6.07) is 0. The van der Waals surface area contributed by atoms with E-state index in [2.05, 4.69) is 45.7 Å². The number of nitrogens with one attached hydrogen (secondary N) is 1. The van der Waals surface area contributed by atoms with Crippen LogP contribution in [-0.2, 0) is 4.79 Å². The molecule has 0 radical (unpaired) electrons. The van der Waals surface area contributed by atoms with Gasteiger partial charge in [0.1, 0.15) is 0 Å². The number of allylic oxidation sites excluding steroid dienone is 12. The monoisotopic (exact) mass is 532 g/mol. The van der Waals surface area contributed by atoms with Crippen molar-refractivity contribution in [1.29, 1.82) is 0 Å². The number of carbonyl (C=O) groups is 1. The molecule has 0 aromatic heterocycles. The van der Waals surface area contributed by atoms with E-state index < -0.39 is 0 Å². The van der Waals surface area contributed by atoms with Crippen LogP contribution in [0, 0.1) is 17.8 Å². The number of aliphatic hydroxyl groups excluding tert-OH is 1. The molecule has 6 aliphatic rings. The highest BCUT2D eigenvalue weighted by atomic mass is 16.2. The molecule has 2 N–H and O–H groups in total. The van der Waals surface area contributed by atoms with E-state index in [1.165, 1.54) is 0 Å². The van der Waals surface area contributed by atoms with E-state index in [1.807, 2.05) is 32.1 Å². The van der Waals surface area contributed by atoms with Crippen LogP contribution in [-0.4, -0.2) is 28.0 Å². The largest absolute Gasteiger partial charge is 0.515 e. The van der Waals surface area contributed by atoms with Crippen LogP contribution in [0.2, 0.25) is 0 Å². The summed E-state index contributed by atoms with van der Waals surface area (Å²) in [4.78, 5) is 28.7. The second-order valence-electron chi connectivity index (χ2n) is 11.3. The van der Waals surface area contributed by atoms with E-state index in [-0.39, 0.29) is 23.5 Å². The summed E-state index contributed by atoms with van der Waals surface area (Å²) >= 11 is 0. The number of ketones is 1. The molecule has 5 heterocycles. The Labute approximate surface area is 236 Å². The zero-order chi connectivity index (χ0) is 28.5. The minimum absolute atomic E-state index is 0.129. The van der Waals surface area contributed by atoms with Gasteiger partial charge in [0.05, 0.1) is 40.5 Å². The number of hydrogen-bond acceptors (Lipinski definition) is 6. The Kier molecular flexibility index (Phi) is 6.25. The van der Waals surface area contributed by atoms with E-state index in [1.54, 1.807) is 0 Å². The maximum Gasteiger partial charge on any atom is 0.172 e. The van der Waals surface area contributed by atoms with Gasteiger partial charge in [-0.3, -0.25) is 4.79 Å². The second-order valence-corrected chi connectivity index (χ2v) is 11.3. The molecule has 0 amide bonds. The van der Waals surface area contributed by atoms with E-state index in [0.717, 1.165) is 92.5 Å². The molecule has 0 spiro atoms. The van der Waals surface area contributed by atoms with E-state index in [0.29, 0.717) is 17.7 Å². The van der Waals surface area contributed by atoms with Crippen molar-refractivity contribution in [3.05, 3.63) is 105 Å². The van der Waals surface area contributed by atoms with Crippen molar-refractivity contribution in [1.82, 2.24) is 5.32 Å². The highest BCUT2D eigenvalue weighted by Gasteiger charge is 2.46. The molecule has 204 valence electrons. The first-order chi connectivity index (χ1) is 19.2. The van der Waals surface area contributed by atoms with Gasteiger partial charge in [-0.05, 0) is 61.6 Å². The standard InChI is InChI=1S/C34H36N4O2/c1-8-11-22-17(5)25-12-24-16(4)20(9-2)27(35-24)14-29-23(15-39)21(10-3)28(36-29)13-26-18(6)31-33(38-26)30(32(22)37-25)19(7)34(31)40/h9,12-15,17,19,22,37,39H,2,8,10-11H2,1,3-7H3/t17-,19?,22-/m0/s1. The first-order valence-corrected chi connectivity index (χ1v) is 14.3. The summed E-state index contributed by atoms with van der Waals surface area (Å²) in [5.41, 5.74) is 13.1. The van der Waals surface area contributed by atoms with Gasteiger partial charge in [-0.1, -0.05) is 46.8 Å². The lowest BCUT2D eigenvalue weighted by Gasteiger charge is -2.18. The van der Waals surface area contributed by atoms with Crippen LogP contribution in [0.3, 0.4) is 0 Å². The molecule has 5 aliphatic heterocycles. The predicted octanol–water partition coefficient (Wildman–Crippen LogP) is 7.07. The van der Waals surface area contributed by atoms with Crippen molar-refractivity contribution in [2.24, 2.45) is 32.7 Å². The van der Waals surface area contributed by atoms with Crippen LogP contribution < -0.4 is 5.32 Å². The molecule has 8 bridgehead atoms. The molecule has 6 rings (SSSR count). The van der Waals surface area contributed by atoms with Crippen LogP contribution in [0.5, 0.6) is 0 Å². The highest BCUT2D eigenvalue weighted by Crippen LogP contribution is 2.47. The molecule has 1 aliphatic carbocycles. The third kappa shape index (κ3) is 3.61. The molecule has 1 saturated heterocycles. The van der Waals surface area contributed by atoms with E-state index >= 15 is 0 Å². The van der Waals surface area contributed by atoms with Crippen LogP contribution >= 0.6 is 0 Å². The van der Waals surface area contributed by atoms with Gasteiger partial charge in [0.25, 0.3) is 0 Å². The van der Waals surface area contributed by atoms with Crippen molar-refractivity contribution >= 4 is 22.9 Å². The summed E-state index contributed by atoms with van der Waals surface area (Å²) in [5, 5.41) is 14.0. The number of hydrogen-bond donors (Lipinski definition) is 2. The van der Waals surface area contributed by atoms with Crippen molar-refractivity contribution < 1.29 is 9.90 Å². The summed E-state index contributed by atoms with van der Waals surface area (Å²) in [6.07, 6.45) is 11.8. The van der Waals surface area contributed by atoms with E-state index in [4.69, 9.17) is 15.0 Å². The van der Waals surface area contributed by atoms with Gasteiger partial charge in [0, 0.05) is 51.4 Å². The lowest BCUT2D eigenvalue weighted by atomic mass is 9.85. The van der Waals surface area contributed by atoms with E-state index in [9.17, 15) is 9.90 Å². The summed E-state index contributed by atoms with van der Waals surface area (Å²) in [6.45, 7) is 16.7. The Bertz CT molecular complexity index is 1640. The number of aliphatic imine (C=N–C) groups is 3. The van der Waals surface area contributed by atoms with Gasteiger partial charge in [0.15, 0.2) is 5.78 Å². The maximum atomic E-state index is 13.7. The zero-order valence-electron chi connectivity index (χ0n) is 24.1. The highest BCUT2D eigenvalue weighted by molar-refractivity contribution is 6.39. The zero-order valence-corrected chi connectivity index (χ0v) is 24.1. The molecule has 1 unspecified atom stereocenters. The average Bonchev–Trinajstić information content (AvgIpc) is 3.67. The molecule has 3 atom stereocenters. The number of Topliss-reactive ketones (excluding diaryl/α,β-unsaturated/α-hetero) is 1. The second kappa shape index (κ2) is 9.54. The third-order valence-electron chi connectivity index (χ3n) is 9.17. The number of nitrogens with zero attached hydrogens (tertiary/aromatic N) is 3. The van der Waals surface area contributed by atoms with Crippen molar-refractivity contribution in [3.63, 3.8) is 0 Å². The van der Waals surface area contributed by atoms with Crippen LogP contribution in [0.15, 0.2) is 120 Å². The quantitative estimate of drug-likeness (QED) is 0.380. The lowest BCUT2D eigenvalue weighted by Crippen LogP contribution is -2.17. The van der Waals surface area contributed by atoms with Gasteiger partial charge in [0.2, 0.25) is 0 Å². The van der Waals surface area contributed by atoms with Crippen LogP contribution in [0.4, 0.5) is 0 Å². The molecular weight excluding hydrogens is 496 g/mol. The van der Waals surface area contributed by atoms with Crippen molar-refractivity contribution in [2.45, 2.75) is 60.8 Å². The number of carbonyl (C=O) groups excluding carboxylic acids is 1. The number of rotatable bonds is 4.